The lowest BCUT2D eigenvalue weighted by atomic mass is 9.78. The van der Waals surface area contributed by atoms with Crippen molar-refractivity contribution in [2.75, 3.05) is 12.5 Å². The summed E-state index contributed by atoms with van der Waals surface area (Å²) in [6.45, 7) is 12.3. The first-order valence-electron chi connectivity index (χ1n) is 10.0. The normalized spacial score (nSPS) is 22.8. The molecule has 5 heteroatoms. The molecule has 0 radical (unpaired) electrons. The van der Waals surface area contributed by atoms with Crippen LogP contribution in [0.25, 0.3) is 5.57 Å². The molecule has 1 aromatic carbocycles. The summed E-state index contributed by atoms with van der Waals surface area (Å²) in [5, 5.41) is 0. The van der Waals surface area contributed by atoms with Crippen LogP contribution in [0.5, 0.6) is 0 Å². The van der Waals surface area contributed by atoms with Gasteiger partial charge < -0.3 is 15.0 Å². The van der Waals surface area contributed by atoms with E-state index in [9.17, 15) is 0 Å². The Bertz CT molecular complexity index is 583. The molecule has 27 heavy (non-hydrogen) atoms. The molecule has 1 heterocycles. The van der Waals surface area contributed by atoms with Crippen LogP contribution in [0.15, 0.2) is 30.3 Å². The number of benzene rings is 1. The van der Waals surface area contributed by atoms with Gasteiger partial charge in [0.15, 0.2) is 0 Å². The van der Waals surface area contributed by atoms with E-state index >= 15 is 0 Å². The zero-order valence-corrected chi connectivity index (χ0v) is 19.3. The van der Waals surface area contributed by atoms with Gasteiger partial charge in [0.25, 0.3) is 0 Å². The molecule has 1 aromatic rings. The van der Waals surface area contributed by atoms with Gasteiger partial charge in [-0.1, -0.05) is 44.2 Å². The van der Waals surface area contributed by atoms with Crippen LogP contribution in [0.4, 0.5) is 0 Å². The van der Waals surface area contributed by atoms with Gasteiger partial charge in [0.1, 0.15) is 0 Å². The zero-order valence-electron chi connectivity index (χ0n) is 18.5. The van der Waals surface area contributed by atoms with Crippen molar-refractivity contribution in [3.63, 3.8) is 0 Å². The number of hydrogen-bond donors (Lipinski definition) is 1. The average molecular weight is 391 g/mol. The fraction of sp³-hybridized carbons (Fsp3) is 0.636. The Morgan fingerprint density at radius 3 is 1.89 bits per heavy atom. The van der Waals surface area contributed by atoms with Crippen LogP contribution in [0.2, 0.25) is 0 Å². The topological polar surface area (TPSA) is 44.5 Å². The Morgan fingerprint density at radius 2 is 1.48 bits per heavy atom. The summed E-state index contributed by atoms with van der Waals surface area (Å²) in [7, 11) is -0.284. The van der Waals surface area contributed by atoms with Gasteiger partial charge in [0, 0.05) is 6.04 Å². The van der Waals surface area contributed by atoms with Gasteiger partial charge in [0.05, 0.1) is 11.2 Å². The van der Waals surface area contributed by atoms with Gasteiger partial charge in [-0.05, 0) is 76.1 Å². The van der Waals surface area contributed by atoms with Crippen molar-refractivity contribution in [2.45, 2.75) is 78.0 Å². The van der Waals surface area contributed by atoms with Crippen molar-refractivity contribution in [1.29, 1.82) is 0 Å². The van der Waals surface area contributed by atoms with E-state index in [4.69, 9.17) is 15.0 Å². The van der Waals surface area contributed by atoms with Crippen LogP contribution in [0.1, 0.15) is 66.4 Å². The van der Waals surface area contributed by atoms with Crippen molar-refractivity contribution in [2.24, 2.45) is 5.73 Å². The summed E-state index contributed by atoms with van der Waals surface area (Å²) >= 11 is 1.75. The SMILES string of the molecule is CC.CC1(C)OB(c2ccc(C3=CCC(N)CC3)cc2)OC1(C)C.CSC. The van der Waals surface area contributed by atoms with E-state index in [0.29, 0.717) is 6.04 Å². The van der Waals surface area contributed by atoms with Gasteiger partial charge in [-0.3, -0.25) is 0 Å². The summed E-state index contributed by atoms with van der Waals surface area (Å²) in [5.74, 6) is 0. The molecule has 2 aliphatic rings. The Labute approximate surface area is 171 Å². The highest BCUT2D eigenvalue weighted by Crippen LogP contribution is 2.36. The number of nitrogens with two attached hydrogens (primary N) is 1. The Hall–Kier alpha value is -0.745. The standard InChI is InChI=1S/C18H26BNO2.C2H6S.C2H6/c1-17(2)18(3,4)22-19(21-17)15-9-5-13(6-10-15)14-7-11-16(20)12-8-14;1-3-2;1-2/h5-7,9-10,16H,8,11-12,20H2,1-4H3;1-2H3;1-2H3. The van der Waals surface area contributed by atoms with Crippen molar-refractivity contribution >= 4 is 29.9 Å². The average Bonchev–Trinajstić information content (AvgIpc) is 2.86. The van der Waals surface area contributed by atoms with E-state index in [-0.39, 0.29) is 18.3 Å². The van der Waals surface area contributed by atoms with Crippen molar-refractivity contribution in [3.8, 4) is 0 Å². The third-order valence-corrected chi connectivity index (χ3v) is 5.26. The molecule has 0 amide bonds. The van der Waals surface area contributed by atoms with Crippen LogP contribution in [0, 0.1) is 0 Å². The summed E-state index contributed by atoms with van der Waals surface area (Å²) in [5.41, 5.74) is 9.14. The second kappa shape index (κ2) is 10.7. The van der Waals surface area contributed by atoms with Gasteiger partial charge in [-0.2, -0.15) is 11.8 Å². The lowest BCUT2D eigenvalue weighted by molar-refractivity contribution is 0.00578. The van der Waals surface area contributed by atoms with E-state index < -0.39 is 0 Å². The Kier molecular flexibility index (Phi) is 9.63. The van der Waals surface area contributed by atoms with Crippen LogP contribution in [0.3, 0.4) is 0 Å². The number of allylic oxidation sites excluding steroid dienone is 1. The smallest absolute Gasteiger partial charge is 0.399 e. The van der Waals surface area contributed by atoms with E-state index in [1.54, 1.807) is 11.8 Å². The summed E-state index contributed by atoms with van der Waals surface area (Å²) < 4.78 is 12.2. The highest BCUT2D eigenvalue weighted by atomic mass is 32.2. The minimum atomic E-state index is -0.293. The molecular formula is C22H38BNO2S. The van der Waals surface area contributed by atoms with E-state index in [2.05, 4.69) is 58.0 Å². The second-order valence-corrected chi connectivity index (χ2v) is 8.70. The molecule has 0 aromatic heterocycles. The monoisotopic (exact) mass is 391 g/mol. The maximum atomic E-state index is 6.10. The Balaban J connectivity index is 0.000000665. The summed E-state index contributed by atoms with van der Waals surface area (Å²) in [6, 6.07) is 8.90. The highest BCUT2D eigenvalue weighted by molar-refractivity contribution is 7.97. The highest BCUT2D eigenvalue weighted by Gasteiger charge is 2.51. The zero-order chi connectivity index (χ0) is 20.7. The number of rotatable bonds is 2. The Morgan fingerprint density at radius 1 is 1.00 bits per heavy atom. The first-order chi connectivity index (χ1) is 12.7. The first-order valence-corrected chi connectivity index (χ1v) is 11.6. The molecule has 1 unspecified atom stereocenters. The van der Waals surface area contributed by atoms with Crippen LogP contribution < -0.4 is 11.2 Å². The van der Waals surface area contributed by atoms with Crippen molar-refractivity contribution in [3.05, 3.63) is 35.9 Å². The second-order valence-electron chi connectivity index (χ2n) is 7.88. The maximum absolute atomic E-state index is 6.10. The van der Waals surface area contributed by atoms with Crippen molar-refractivity contribution < 1.29 is 9.31 Å². The minimum absolute atomic E-state index is 0.284. The largest absolute Gasteiger partial charge is 0.494 e. The molecule has 1 aliphatic heterocycles. The predicted octanol–water partition coefficient (Wildman–Crippen LogP) is 4.89. The van der Waals surface area contributed by atoms with E-state index in [0.717, 1.165) is 24.7 Å². The molecule has 152 valence electrons. The fourth-order valence-electron chi connectivity index (χ4n) is 2.95. The van der Waals surface area contributed by atoms with Crippen LogP contribution in [-0.2, 0) is 9.31 Å². The van der Waals surface area contributed by atoms with Gasteiger partial charge >= 0.3 is 7.12 Å². The predicted molar refractivity (Wildman–Crippen MR) is 123 cm³/mol. The molecular weight excluding hydrogens is 353 g/mol. The van der Waals surface area contributed by atoms with E-state index in [1.807, 2.05) is 26.4 Å². The molecule has 3 rings (SSSR count). The third kappa shape index (κ3) is 6.38. The fourth-order valence-corrected chi connectivity index (χ4v) is 2.95. The molecule has 3 nitrogen and oxygen atoms in total. The number of thioether (sulfide) groups is 1. The molecule has 1 fully saturated rings. The molecule has 0 saturated carbocycles. The van der Waals surface area contributed by atoms with Gasteiger partial charge in [-0.15, -0.1) is 0 Å². The molecule has 1 atom stereocenters. The minimum Gasteiger partial charge on any atom is -0.399 e. The third-order valence-electron chi connectivity index (χ3n) is 5.26. The lowest BCUT2D eigenvalue weighted by Gasteiger charge is -2.32. The summed E-state index contributed by atoms with van der Waals surface area (Å²) in [6.07, 6.45) is 9.48. The van der Waals surface area contributed by atoms with Crippen molar-refractivity contribution in [1.82, 2.24) is 0 Å². The lowest BCUT2D eigenvalue weighted by Crippen LogP contribution is -2.41. The molecule has 1 aliphatic carbocycles. The van der Waals surface area contributed by atoms with Crippen LogP contribution >= 0.6 is 11.8 Å². The first kappa shape index (κ1) is 24.3. The summed E-state index contributed by atoms with van der Waals surface area (Å²) in [4.78, 5) is 0. The molecule has 0 spiro atoms. The number of hydrogen-bond acceptors (Lipinski definition) is 4. The van der Waals surface area contributed by atoms with Gasteiger partial charge in [-0.25, -0.2) is 0 Å². The molecule has 0 bridgehead atoms. The van der Waals surface area contributed by atoms with E-state index in [1.165, 1.54) is 11.1 Å². The van der Waals surface area contributed by atoms with Crippen LogP contribution in [-0.4, -0.2) is 36.9 Å². The molecule has 2 N–H and O–H groups in total. The quantitative estimate of drug-likeness (QED) is 0.730. The molecule has 1 saturated heterocycles. The van der Waals surface area contributed by atoms with Gasteiger partial charge in [0.2, 0.25) is 0 Å². The maximum Gasteiger partial charge on any atom is 0.494 e.